The van der Waals surface area contributed by atoms with Crippen molar-refractivity contribution in [3.63, 3.8) is 0 Å². The summed E-state index contributed by atoms with van der Waals surface area (Å²) in [5.74, 6) is 0.155. The van der Waals surface area contributed by atoms with Crippen molar-refractivity contribution in [2.24, 2.45) is 0 Å². The second kappa shape index (κ2) is 12.3. The van der Waals surface area contributed by atoms with E-state index in [1.54, 1.807) is 54.9 Å². The monoisotopic (exact) mass is 578 g/mol. The second-order valence-electron chi connectivity index (χ2n) is 10.1. The van der Waals surface area contributed by atoms with E-state index in [0.717, 1.165) is 11.1 Å². The molecule has 2 aliphatic rings. The van der Waals surface area contributed by atoms with Gasteiger partial charge in [-0.15, -0.1) is 0 Å². The van der Waals surface area contributed by atoms with Gasteiger partial charge in [-0.05, 0) is 60.0 Å². The summed E-state index contributed by atoms with van der Waals surface area (Å²) in [5.41, 5.74) is 2.62. The van der Waals surface area contributed by atoms with E-state index in [1.165, 1.54) is 4.90 Å². The molecule has 9 heteroatoms. The third-order valence-electron chi connectivity index (χ3n) is 7.25. The molecule has 3 heterocycles. The van der Waals surface area contributed by atoms with Crippen molar-refractivity contribution < 1.29 is 33.6 Å². The van der Waals surface area contributed by atoms with E-state index < -0.39 is 17.7 Å². The van der Waals surface area contributed by atoms with E-state index in [9.17, 15) is 14.7 Å². The molecule has 1 atom stereocenters. The lowest BCUT2D eigenvalue weighted by Gasteiger charge is -2.26. The number of fused-ring (bicyclic) bond motifs is 1. The van der Waals surface area contributed by atoms with Crippen molar-refractivity contribution in [1.82, 2.24) is 9.88 Å². The van der Waals surface area contributed by atoms with Crippen molar-refractivity contribution >= 4 is 17.4 Å². The van der Waals surface area contributed by atoms with Crippen LogP contribution in [0.25, 0.3) is 5.76 Å². The van der Waals surface area contributed by atoms with E-state index >= 15 is 0 Å². The third kappa shape index (κ3) is 5.74. The first-order valence-corrected chi connectivity index (χ1v) is 14.0. The highest BCUT2D eigenvalue weighted by atomic mass is 16.6. The van der Waals surface area contributed by atoms with Gasteiger partial charge in [-0.25, -0.2) is 0 Å². The zero-order chi connectivity index (χ0) is 29.8. The molecule has 0 radical (unpaired) electrons. The summed E-state index contributed by atoms with van der Waals surface area (Å²) in [4.78, 5) is 32.7. The molecule has 1 aromatic heterocycles. The minimum Gasteiger partial charge on any atom is -0.507 e. The Morgan fingerprint density at radius 3 is 2.47 bits per heavy atom. The van der Waals surface area contributed by atoms with Gasteiger partial charge in [0, 0.05) is 24.5 Å². The second-order valence-corrected chi connectivity index (χ2v) is 10.1. The molecule has 1 amide bonds. The quantitative estimate of drug-likeness (QED) is 0.159. The van der Waals surface area contributed by atoms with Gasteiger partial charge in [0.15, 0.2) is 23.0 Å². The molecule has 2 aliphatic heterocycles. The normalized spacial score (nSPS) is 17.1. The fourth-order valence-corrected chi connectivity index (χ4v) is 5.24. The van der Waals surface area contributed by atoms with Crippen molar-refractivity contribution in [1.29, 1.82) is 0 Å². The maximum absolute atomic E-state index is 13.6. The maximum Gasteiger partial charge on any atom is 0.295 e. The number of amides is 1. The van der Waals surface area contributed by atoms with E-state index in [1.807, 2.05) is 43.3 Å². The highest BCUT2D eigenvalue weighted by Crippen LogP contribution is 2.44. The minimum atomic E-state index is -0.907. The summed E-state index contributed by atoms with van der Waals surface area (Å²) >= 11 is 0. The predicted octanol–water partition coefficient (Wildman–Crippen LogP) is 5.45. The number of ether oxygens (including phenoxy) is 4. The maximum atomic E-state index is 13.6. The van der Waals surface area contributed by atoms with Gasteiger partial charge in [-0.3, -0.25) is 14.6 Å². The molecule has 43 heavy (non-hydrogen) atoms. The summed E-state index contributed by atoms with van der Waals surface area (Å²) in [6, 6.07) is 22.7. The number of aliphatic hydroxyl groups excluding tert-OH is 1. The Morgan fingerprint density at radius 1 is 0.907 bits per heavy atom. The number of hydrogen-bond acceptors (Lipinski definition) is 8. The molecule has 1 saturated heterocycles. The average molecular weight is 579 g/mol. The fourth-order valence-electron chi connectivity index (χ4n) is 5.24. The van der Waals surface area contributed by atoms with Crippen LogP contribution in [0, 0.1) is 0 Å². The average Bonchev–Trinajstić information content (AvgIpc) is 3.29. The first-order chi connectivity index (χ1) is 21.0. The number of aromatic nitrogens is 1. The number of nitrogens with zero attached hydrogens (tertiary/aromatic N) is 2. The van der Waals surface area contributed by atoms with E-state index in [0.29, 0.717) is 60.6 Å². The third-order valence-corrected chi connectivity index (χ3v) is 7.25. The lowest BCUT2D eigenvalue weighted by atomic mass is 9.94. The Hall–Kier alpha value is -5.31. The molecular formula is C34H30N2O7. The van der Waals surface area contributed by atoms with E-state index in [-0.39, 0.29) is 17.9 Å². The van der Waals surface area contributed by atoms with Crippen LogP contribution < -0.4 is 18.9 Å². The number of rotatable bonds is 9. The van der Waals surface area contributed by atoms with Crippen LogP contribution in [0.3, 0.4) is 0 Å². The summed E-state index contributed by atoms with van der Waals surface area (Å²) < 4.78 is 23.3. The molecule has 0 aliphatic carbocycles. The molecule has 0 spiro atoms. The summed E-state index contributed by atoms with van der Waals surface area (Å²) in [7, 11) is 0. The standard InChI is InChI=1S/C34H30N2O7/c1-2-40-28-17-24(10-12-27(28)43-21-22-7-4-3-5-8-22)31-30(32(37)25-11-13-26-29(18-25)42-16-15-41-26)33(38)34(39)36(31)20-23-9-6-14-35-19-23/h3-14,17-19,31,37H,2,15-16,20-21H2,1H3/b32-30+/t31-/m0/s1. The van der Waals surface area contributed by atoms with Crippen LogP contribution in [0.2, 0.25) is 0 Å². The van der Waals surface area contributed by atoms with Crippen molar-refractivity contribution in [2.75, 3.05) is 19.8 Å². The van der Waals surface area contributed by atoms with Gasteiger partial charge in [0.2, 0.25) is 0 Å². The van der Waals surface area contributed by atoms with Gasteiger partial charge >= 0.3 is 0 Å². The molecule has 218 valence electrons. The number of carbonyl (C=O) groups excluding carboxylic acids is 2. The Balaban J connectivity index is 1.43. The zero-order valence-corrected chi connectivity index (χ0v) is 23.6. The van der Waals surface area contributed by atoms with Gasteiger partial charge in [0.25, 0.3) is 11.7 Å². The van der Waals surface area contributed by atoms with Crippen LogP contribution >= 0.6 is 0 Å². The molecule has 0 bridgehead atoms. The SMILES string of the molecule is CCOc1cc([C@H]2/C(=C(\O)c3ccc4c(c3)OCCO4)C(=O)C(=O)N2Cc2cccnc2)ccc1OCc1ccccc1. The lowest BCUT2D eigenvalue weighted by molar-refractivity contribution is -0.140. The first-order valence-electron chi connectivity index (χ1n) is 14.0. The first kappa shape index (κ1) is 27.8. The van der Waals surface area contributed by atoms with Gasteiger partial charge in [0.05, 0.1) is 18.2 Å². The highest BCUT2D eigenvalue weighted by molar-refractivity contribution is 6.46. The Morgan fingerprint density at radius 2 is 1.70 bits per heavy atom. The lowest BCUT2D eigenvalue weighted by Crippen LogP contribution is -2.29. The molecule has 3 aromatic carbocycles. The number of pyridine rings is 1. The topological polar surface area (TPSA) is 107 Å². The number of benzene rings is 3. The van der Waals surface area contributed by atoms with Gasteiger partial charge in [0.1, 0.15) is 25.6 Å². The fraction of sp³-hybridized carbons (Fsp3) is 0.206. The Kier molecular flexibility index (Phi) is 7.95. The largest absolute Gasteiger partial charge is 0.507 e. The molecule has 4 aromatic rings. The molecule has 9 nitrogen and oxygen atoms in total. The smallest absolute Gasteiger partial charge is 0.295 e. The number of ketones is 1. The van der Waals surface area contributed by atoms with Gasteiger partial charge in [-0.1, -0.05) is 42.5 Å². The molecule has 0 unspecified atom stereocenters. The molecule has 1 fully saturated rings. The summed E-state index contributed by atoms with van der Waals surface area (Å²) in [6.45, 7) is 3.47. The predicted molar refractivity (Wildman–Crippen MR) is 158 cm³/mol. The number of hydrogen-bond donors (Lipinski definition) is 1. The molecular weight excluding hydrogens is 548 g/mol. The van der Waals surface area contributed by atoms with Crippen LogP contribution in [0.5, 0.6) is 23.0 Å². The van der Waals surface area contributed by atoms with E-state index in [2.05, 4.69) is 4.98 Å². The van der Waals surface area contributed by atoms with Crippen LogP contribution in [-0.2, 0) is 22.7 Å². The van der Waals surface area contributed by atoms with E-state index in [4.69, 9.17) is 18.9 Å². The number of Topliss-reactive ketones (excluding diaryl/α,β-unsaturated/α-hetero) is 1. The summed E-state index contributed by atoms with van der Waals surface area (Å²) in [6.07, 6.45) is 3.28. The van der Waals surface area contributed by atoms with Crippen LogP contribution in [0.4, 0.5) is 0 Å². The minimum absolute atomic E-state index is 0.0361. The van der Waals surface area contributed by atoms with Gasteiger partial charge in [-0.2, -0.15) is 0 Å². The molecule has 1 N–H and O–H groups in total. The highest BCUT2D eigenvalue weighted by Gasteiger charge is 2.46. The summed E-state index contributed by atoms with van der Waals surface area (Å²) in [5, 5.41) is 11.6. The van der Waals surface area contributed by atoms with Crippen molar-refractivity contribution in [2.45, 2.75) is 26.1 Å². The Labute approximate surface area is 248 Å². The van der Waals surface area contributed by atoms with Crippen LogP contribution in [0.1, 0.15) is 35.2 Å². The number of aliphatic hydroxyl groups is 1. The zero-order valence-electron chi connectivity index (χ0n) is 23.6. The van der Waals surface area contributed by atoms with Crippen LogP contribution in [-0.4, -0.2) is 46.5 Å². The van der Waals surface area contributed by atoms with Crippen molar-refractivity contribution in [3.05, 3.63) is 119 Å². The number of likely N-dealkylation sites (tertiary alicyclic amines) is 1. The van der Waals surface area contributed by atoms with Gasteiger partial charge < -0.3 is 29.0 Å². The Bertz CT molecular complexity index is 1670. The number of carbonyl (C=O) groups is 2. The molecule has 6 rings (SSSR count). The van der Waals surface area contributed by atoms with Crippen molar-refractivity contribution in [3.8, 4) is 23.0 Å². The van der Waals surface area contributed by atoms with Crippen LogP contribution in [0.15, 0.2) is 96.8 Å². The molecule has 0 saturated carbocycles.